The molecule has 2 atom stereocenters. The number of halogens is 3. The molecule has 2 aliphatic heterocycles. The van der Waals surface area contributed by atoms with Gasteiger partial charge in [0, 0.05) is 19.5 Å². The highest BCUT2D eigenvalue weighted by atomic mass is 19.4. The average Bonchev–Trinajstić information content (AvgIpc) is 3.16. The molecule has 0 saturated carbocycles. The van der Waals surface area contributed by atoms with E-state index in [1.54, 1.807) is 29.2 Å². The minimum absolute atomic E-state index is 0.125. The maximum atomic E-state index is 13.9. The van der Waals surface area contributed by atoms with E-state index in [-0.39, 0.29) is 23.7 Å². The van der Waals surface area contributed by atoms with Crippen molar-refractivity contribution in [3.8, 4) is 5.75 Å². The van der Waals surface area contributed by atoms with E-state index in [2.05, 4.69) is 17.3 Å². The molecular weight excluding hydrogens is 397 g/mol. The van der Waals surface area contributed by atoms with Gasteiger partial charge in [-0.3, -0.25) is 4.79 Å². The van der Waals surface area contributed by atoms with Gasteiger partial charge in [0.05, 0.1) is 19.3 Å². The molecule has 4 rings (SSSR count). The Balaban J connectivity index is 1.68. The predicted octanol–water partition coefficient (Wildman–Crippen LogP) is 4.42. The van der Waals surface area contributed by atoms with Gasteiger partial charge in [0.2, 0.25) is 0 Å². The zero-order valence-corrected chi connectivity index (χ0v) is 16.9. The summed E-state index contributed by atoms with van der Waals surface area (Å²) >= 11 is 0. The minimum Gasteiger partial charge on any atom is -0.497 e. The first-order valence-corrected chi connectivity index (χ1v) is 10.1. The minimum atomic E-state index is -4.49. The van der Waals surface area contributed by atoms with Crippen LogP contribution in [-0.4, -0.2) is 47.0 Å². The largest absolute Gasteiger partial charge is 0.497 e. The molecule has 30 heavy (non-hydrogen) atoms. The van der Waals surface area contributed by atoms with Crippen molar-refractivity contribution in [2.45, 2.75) is 44.4 Å². The third-order valence-electron chi connectivity index (χ3n) is 6.04. The SMILES string of the molecule is COc1cccc([C@H]2C[C@@H](C(F)(F)F)n3ncc(C(=O)N4CCC(C)CC4)c3N2)c1. The molecule has 9 heteroatoms. The number of carbonyl (C=O) groups excluding carboxylic acids is 1. The van der Waals surface area contributed by atoms with Crippen LogP contribution in [0.5, 0.6) is 5.75 Å². The van der Waals surface area contributed by atoms with E-state index in [4.69, 9.17) is 4.74 Å². The quantitative estimate of drug-likeness (QED) is 0.795. The number of hydrogen-bond donors (Lipinski definition) is 1. The number of benzene rings is 1. The van der Waals surface area contributed by atoms with Crippen LogP contribution in [0.2, 0.25) is 0 Å². The summed E-state index contributed by atoms with van der Waals surface area (Å²) < 4.78 is 47.7. The third kappa shape index (κ3) is 3.85. The lowest BCUT2D eigenvalue weighted by Crippen LogP contribution is -2.39. The molecule has 1 aromatic heterocycles. The van der Waals surface area contributed by atoms with Crippen molar-refractivity contribution < 1.29 is 22.7 Å². The van der Waals surface area contributed by atoms with E-state index in [1.807, 2.05) is 0 Å². The van der Waals surface area contributed by atoms with E-state index in [1.165, 1.54) is 13.3 Å². The van der Waals surface area contributed by atoms with Crippen LogP contribution in [0.25, 0.3) is 0 Å². The molecule has 2 aromatic rings. The molecule has 6 nitrogen and oxygen atoms in total. The summed E-state index contributed by atoms with van der Waals surface area (Å²) in [4.78, 5) is 14.8. The average molecular weight is 422 g/mol. The zero-order chi connectivity index (χ0) is 21.5. The highest BCUT2D eigenvalue weighted by Crippen LogP contribution is 2.44. The van der Waals surface area contributed by atoms with E-state index in [9.17, 15) is 18.0 Å². The Morgan fingerprint density at radius 1 is 1.27 bits per heavy atom. The summed E-state index contributed by atoms with van der Waals surface area (Å²) in [6, 6.07) is 4.52. The molecule has 0 radical (unpaired) electrons. The Morgan fingerprint density at radius 3 is 2.67 bits per heavy atom. The lowest BCUT2D eigenvalue weighted by atomic mass is 9.96. The molecule has 2 aliphatic rings. The number of hydrogen-bond acceptors (Lipinski definition) is 4. The van der Waals surface area contributed by atoms with Crippen molar-refractivity contribution in [2.24, 2.45) is 5.92 Å². The van der Waals surface area contributed by atoms with Gasteiger partial charge in [0.25, 0.3) is 5.91 Å². The summed E-state index contributed by atoms with van der Waals surface area (Å²) in [5.41, 5.74) is 0.854. The number of anilines is 1. The Labute approximate surface area is 173 Å². The van der Waals surface area contributed by atoms with Crippen molar-refractivity contribution in [3.63, 3.8) is 0 Å². The van der Waals surface area contributed by atoms with Gasteiger partial charge >= 0.3 is 6.18 Å². The number of piperidine rings is 1. The Bertz CT molecular complexity index is 919. The van der Waals surface area contributed by atoms with Gasteiger partial charge < -0.3 is 15.0 Å². The molecule has 0 spiro atoms. The van der Waals surface area contributed by atoms with Crippen molar-refractivity contribution in [1.29, 1.82) is 0 Å². The van der Waals surface area contributed by atoms with Crippen molar-refractivity contribution >= 4 is 11.7 Å². The van der Waals surface area contributed by atoms with Crippen molar-refractivity contribution in [1.82, 2.24) is 14.7 Å². The van der Waals surface area contributed by atoms with Gasteiger partial charge in [0.1, 0.15) is 17.1 Å². The number of methoxy groups -OCH3 is 1. The first-order valence-electron chi connectivity index (χ1n) is 10.1. The maximum absolute atomic E-state index is 13.9. The van der Waals surface area contributed by atoms with Crippen LogP contribution in [-0.2, 0) is 0 Å². The van der Waals surface area contributed by atoms with E-state index >= 15 is 0 Å². The second-order valence-electron chi connectivity index (χ2n) is 8.09. The van der Waals surface area contributed by atoms with Gasteiger partial charge in [-0.1, -0.05) is 19.1 Å². The van der Waals surface area contributed by atoms with Crippen LogP contribution >= 0.6 is 0 Å². The molecule has 1 fully saturated rings. The summed E-state index contributed by atoms with van der Waals surface area (Å²) in [6.45, 7) is 3.34. The molecule has 1 saturated heterocycles. The zero-order valence-electron chi connectivity index (χ0n) is 16.9. The molecule has 0 aliphatic carbocycles. The van der Waals surface area contributed by atoms with Crippen LogP contribution in [0.4, 0.5) is 19.0 Å². The highest BCUT2D eigenvalue weighted by molar-refractivity contribution is 5.99. The van der Waals surface area contributed by atoms with Crippen LogP contribution in [0.1, 0.15) is 54.2 Å². The fraction of sp³-hybridized carbons (Fsp3) is 0.524. The highest BCUT2D eigenvalue weighted by Gasteiger charge is 2.47. The number of nitrogens with zero attached hydrogens (tertiary/aromatic N) is 3. The third-order valence-corrected chi connectivity index (χ3v) is 6.04. The number of rotatable bonds is 3. The van der Waals surface area contributed by atoms with Gasteiger partial charge in [0.15, 0.2) is 6.04 Å². The molecule has 1 N–H and O–H groups in total. The number of nitrogens with one attached hydrogen (secondary N) is 1. The first-order chi connectivity index (χ1) is 14.3. The van der Waals surface area contributed by atoms with Crippen LogP contribution in [0, 0.1) is 5.92 Å². The normalized spacial score (nSPS) is 22.4. The smallest absolute Gasteiger partial charge is 0.410 e. The Hall–Kier alpha value is -2.71. The molecular formula is C21H25F3N4O2. The van der Waals surface area contributed by atoms with E-state index in [0.717, 1.165) is 17.5 Å². The number of likely N-dealkylation sites (tertiary alicyclic amines) is 1. The number of fused-ring (bicyclic) bond motifs is 1. The first kappa shape index (κ1) is 20.6. The number of amides is 1. The van der Waals surface area contributed by atoms with E-state index < -0.39 is 18.3 Å². The fourth-order valence-corrected chi connectivity index (χ4v) is 4.18. The van der Waals surface area contributed by atoms with Gasteiger partial charge in [-0.2, -0.15) is 18.3 Å². The number of ether oxygens (including phenoxy) is 1. The van der Waals surface area contributed by atoms with Crippen LogP contribution < -0.4 is 10.1 Å². The predicted molar refractivity (Wildman–Crippen MR) is 106 cm³/mol. The molecule has 1 aromatic carbocycles. The number of carbonyl (C=O) groups is 1. The van der Waals surface area contributed by atoms with Crippen molar-refractivity contribution in [3.05, 3.63) is 41.6 Å². The summed E-state index contributed by atoms with van der Waals surface area (Å²) in [7, 11) is 1.51. The molecule has 3 heterocycles. The van der Waals surface area contributed by atoms with Gasteiger partial charge in [-0.15, -0.1) is 0 Å². The lowest BCUT2D eigenvalue weighted by Gasteiger charge is -2.35. The van der Waals surface area contributed by atoms with Crippen LogP contribution in [0.15, 0.2) is 30.5 Å². The van der Waals surface area contributed by atoms with Gasteiger partial charge in [-0.05, 0) is 36.5 Å². The number of aromatic nitrogens is 2. The lowest BCUT2D eigenvalue weighted by molar-refractivity contribution is -0.173. The van der Waals surface area contributed by atoms with Crippen molar-refractivity contribution in [2.75, 3.05) is 25.5 Å². The Kier molecular flexibility index (Phi) is 5.38. The summed E-state index contributed by atoms with van der Waals surface area (Å²) in [5.74, 6) is 0.957. The maximum Gasteiger partial charge on any atom is 0.410 e. The summed E-state index contributed by atoms with van der Waals surface area (Å²) in [6.07, 6.45) is -1.67. The second-order valence-corrected chi connectivity index (χ2v) is 8.09. The topological polar surface area (TPSA) is 59.4 Å². The molecule has 0 bridgehead atoms. The van der Waals surface area contributed by atoms with Gasteiger partial charge in [-0.25, -0.2) is 4.68 Å². The Morgan fingerprint density at radius 2 is 2.00 bits per heavy atom. The second kappa shape index (κ2) is 7.85. The van der Waals surface area contributed by atoms with E-state index in [0.29, 0.717) is 30.3 Å². The fourth-order valence-electron chi connectivity index (χ4n) is 4.18. The number of alkyl halides is 3. The molecule has 162 valence electrons. The van der Waals surface area contributed by atoms with Crippen LogP contribution in [0.3, 0.4) is 0 Å². The molecule has 1 amide bonds. The monoisotopic (exact) mass is 422 g/mol. The summed E-state index contributed by atoms with van der Waals surface area (Å²) in [5, 5.41) is 7.10. The standard InChI is InChI=1S/C21H25F3N4O2/c1-13-6-8-27(9-7-13)20(29)16-12-25-28-18(21(22,23)24)11-17(26-19(16)28)14-4-3-5-15(10-14)30-2/h3-5,10,12-13,17-18,26H,6-9,11H2,1-2H3/t17-,18+/m1/s1. The molecule has 0 unspecified atom stereocenters.